The minimum Gasteiger partial charge on any atom is -0.497 e. The Morgan fingerprint density at radius 2 is 2.11 bits per heavy atom. The number of nitrogens with zero attached hydrogens (tertiary/aromatic N) is 1. The van der Waals surface area contributed by atoms with E-state index in [1.165, 1.54) is 7.11 Å². The molecule has 0 saturated carbocycles. The standard InChI is InChI=1S/C14H17NO3/c1-10-8-12(17-2)9-11-4-6-15(14(10)11)7-5-13(16)18-3/h4,6,8-9H,5,7H2,1-3H3. The van der Waals surface area contributed by atoms with Gasteiger partial charge in [0.2, 0.25) is 0 Å². The Morgan fingerprint density at radius 1 is 1.33 bits per heavy atom. The van der Waals surface area contributed by atoms with E-state index < -0.39 is 0 Å². The number of aromatic nitrogens is 1. The van der Waals surface area contributed by atoms with Crippen molar-refractivity contribution in [1.82, 2.24) is 4.57 Å². The molecule has 0 atom stereocenters. The molecule has 0 amide bonds. The number of hydrogen-bond donors (Lipinski definition) is 0. The highest BCUT2D eigenvalue weighted by atomic mass is 16.5. The quantitative estimate of drug-likeness (QED) is 0.779. The average molecular weight is 247 g/mol. The van der Waals surface area contributed by atoms with Crippen molar-refractivity contribution in [2.75, 3.05) is 14.2 Å². The van der Waals surface area contributed by atoms with Gasteiger partial charge in [-0.25, -0.2) is 0 Å². The lowest BCUT2D eigenvalue weighted by Gasteiger charge is -2.08. The van der Waals surface area contributed by atoms with Crippen molar-refractivity contribution in [1.29, 1.82) is 0 Å². The van der Waals surface area contributed by atoms with E-state index >= 15 is 0 Å². The van der Waals surface area contributed by atoms with Crippen molar-refractivity contribution in [3.8, 4) is 5.75 Å². The molecule has 0 aliphatic carbocycles. The summed E-state index contributed by atoms with van der Waals surface area (Å²) in [6.45, 7) is 2.67. The molecule has 2 rings (SSSR count). The van der Waals surface area contributed by atoms with E-state index in [1.54, 1.807) is 7.11 Å². The molecule has 0 radical (unpaired) electrons. The second-order valence-electron chi connectivity index (χ2n) is 4.22. The first-order valence-electron chi connectivity index (χ1n) is 5.86. The van der Waals surface area contributed by atoms with Crippen LogP contribution in [0.1, 0.15) is 12.0 Å². The summed E-state index contributed by atoms with van der Waals surface area (Å²) in [6.07, 6.45) is 2.37. The number of carbonyl (C=O) groups is 1. The van der Waals surface area contributed by atoms with Gasteiger partial charge in [0.1, 0.15) is 5.75 Å². The molecule has 0 saturated heterocycles. The van der Waals surface area contributed by atoms with Crippen molar-refractivity contribution in [2.24, 2.45) is 0 Å². The summed E-state index contributed by atoms with van der Waals surface area (Å²) >= 11 is 0. The summed E-state index contributed by atoms with van der Waals surface area (Å²) < 4.78 is 12.0. The number of benzene rings is 1. The maximum atomic E-state index is 11.2. The second-order valence-corrected chi connectivity index (χ2v) is 4.22. The fourth-order valence-corrected chi connectivity index (χ4v) is 2.15. The molecule has 0 unspecified atom stereocenters. The Balaban J connectivity index is 2.33. The summed E-state index contributed by atoms with van der Waals surface area (Å²) in [6, 6.07) is 6.02. The third-order valence-corrected chi connectivity index (χ3v) is 3.04. The summed E-state index contributed by atoms with van der Waals surface area (Å²) in [5, 5.41) is 1.12. The van der Waals surface area contributed by atoms with E-state index in [0.29, 0.717) is 13.0 Å². The van der Waals surface area contributed by atoms with Gasteiger partial charge in [0, 0.05) is 18.1 Å². The molecule has 2 aromatic rings. The molecule has 4 heteroatoms. The highest BCUT2D eigenvalue weighted by Gasteiger charge is 2.08. The van der Waals surface area contributed by atoms with Gasteiger partial charge in [0.15, 0.2) is 0 Å². The van der Waals surface area contributed by atoms with Gasteiger partial charge in [0.25, 0.3) is 0 Å². The lowest BCUT2D eigenvalue weighted by atomic mass is 10.1. The first-order valence-corrected chi connectivity index (χ1v) is 5.86. The Hall–Kier alpha value is -1.97. The smallest absolute Gasteiger partial charge is 0.307 e. The van der Waals surface area contributed by atoms with Crippen LogP contribution in [0.4, 0.5) is 0 Å². The maximum Gasteiger partial charge on any atom is 0.307 e. The lowest BCUT2D eigenvalue weighted by molar-refractivity contribution is -0.140. The number of hydrogen-bond acceptors (Lipinski definition) is 3. The van der Waals surface area contributed by atoms with E-state index in [4.69, 9.17) is 4.74 Å². The van der Waals surface area contributed by atoms with Gasteiger partial charge < -0.3 is 14.0 Å². The number of aryl methyl sites for hydroxylation is 2. The van der Waals surface area contributed by atoms with E-state index in [2.05, 4.69) is 9.30 Å². The monoisotopic (exact) mass is 247 g/mol. The third kappa shape index (κ3) is 2.32. The first kappa shape index (κ1) is 12.5. The van der Waals surface area contributed by atoms with Crippen LogP contribution in [0.2, 0.25) is 0 Å². The highest BCUT2D eigenvalue weighted by Crippen LogP contribution is 2.26. The van der Waals surface area contributed by atoms with Crippen LogP contribution in [0.3, 0.4) is 0 Å². The number of methoxy groups -OCH3 is 2. The van der Waals surface area contributed by atoms with Crippen LogP contribution in [-0.4, -0.2) is 24.8 Å². The average Bonchev–Trinajstić information content (AvgIpc) is 2.79. The second kappa shape index (κ2) is 5.12. The Morgan fingerprint density at radius 3 is 2.78 bits per heavy atom. The molecule has 1 aromatic heterocycles. The number of esters is 1. The van der Waals surface area contributed by atoms with E-state index in [-0.39, 0.29) is 5.97 Å². The molecule has 0 aliphatic heterocycles. The van der Waals surface area contributed by atoms with Gasteiger partial charge in [-0.2, -0.15) is 0 Å². The van der Waals surface area contributed by atoms with Gasteiger partial charge in [-0.1, -0.05) is 0 Å². The first-order chi connectivity index (χ1) is 8.65. The molecule has 18 heavy (non-hydrogen) atoms. The number of fused-ring (bicyclic) bond motifs is 1. The predicted molar refractivity (Wildman–Crippen MR) is 69.9 cm³/mol. The van der Waals surface area contributed by atoms with E-state index in [1.807, 2.05) is 31.3 Å². The lowest BCUT2D eigenvalue weighted by Crippen LogP contribution is -2.06. The van der Waals surface area contributed by atoms with Gasteiger partial charge in [-0.3, -0.25) is 4.79 Å². The Kier molecular flexibility index (Phi) is 3.55. The van der Waals surface area contributed by atoms with Crippen LogP contribution in [0.15, 0.2) is 24.4 Å². The number of ether oxygens (including phenoxy) is 2. The van der Waals surface area contributed by atoms with Crippen molar-refractivity contribution < 1.29 is 14.3 Å². The fraction of sp³-hybridized carbons (Fsp3) is 0.357. The summed E-state index contributed by atoms with van der Waals surface area (Å²) in [7, 11) is 3.07. The normalized spacial score (nSPS) is 10.6. The largest absolute Gasteiger partial charge is 0.497 e. The Labute approximate surface area is 106 Å². The highest BCUT2D eigenvalue weighted by molar-refractivity contribution is 5.85. The predicted octanol–water partition coefficient (Wildman–Crippen LogP) is 2.52. The summed E-state index contributed by atoms with van der Waals surface area (Å²) in [5.41, 5.74) is 2.28. The van der Waals surface area contributed by atoms with Crippen molar-refractivity contribution in [3.05, 3.63) is 30.0 Å². The zero-order valence-electron chi connectivity index (χ0n) is 10.9. The summed E-state index contributed by atoms with van der Waals surface area (Å²) in [5.74, 6) is 0.661. The molecule has 0 fully saturated rings. The molecular weight excluding hydrogens is 230 g/mol. The van der Waals surface area contributed by atoms with Crippen LogP contribution in [0, 0.1) is 6.92 Å². The topological polar surface area (TPSA) is 40.5 Å². The molecule has 0 N–H and O–H groups in total. The Bertz CT molecular complexity index is 572. The van der Waals surface area contributed by atoms with Crippen LogP contribution >= 0.6 is 0 Å². The van der Waals surface area contributed by atoms with Crippen molar-refractivity contribution in [3.63, 3.8) is 0 Å². The zero-order chi connectivity index (χ0) is 13.1. The van der Waals surface area contributed by atoms with Crippen molar-refractivity contribution in [2.45, 2.75) is 19.9 Å². The van der Waals surface area contributed by atoms with Crippen LogP contribution in [0.25, 0.3) is 10.9 Å². The summed E-state index contributed by atoms with van der Waals surface area (Å²) in [4.78, 5) is 11.2. The molecule has 1 heterocycles. The van der Waals surface area contributed by atoms with Gasteiger partial charge in [-0.15, -0.1) is 0 Å². The fourth-order valence-electron chi connectivity index (χ4n) is 2.15. The molecule has 1 aromatic carbocycles. The van der Waals surface area contributed by atoms with E-state index in [0.717, 1.165) is 22.2 Å². The molecule has 0 aliphatic rings. The zero-order valence-corrected chi connectivity index (χ0v) is 10.9. The maximum absolute atomic E-state index is 11.2. The minimum absolute atomic E-state index is 0.192. The number of rotatable bonds is 4. The minimum atomic E-state index is -0.192. The van der Waals surface area contributed by atoms with E-state index in [9.17, 15) is 4.79 Å². The molecule has 0 bridgehead atoms. The van der Waals surface area contributed by atoms with Crippen LogP contribution < -0.4 is 4.74 Å². The van der Waals surface area contributed by atoms with Gasteiger partial charge in [-0.05, 0) is 30.7 Å². The van der Waals surface area contributed by atoms with Crippen LogP contribution in [-0.2, 0) is 16.1 Å². The molecular formula is C14H17NO3. The molecule has 0 spiro atoms. The van der Waals surface area contributed by atoms with Crippen LogP contribution in [0.5, 0.6) is 5.75 Å². The number of carbonyl (C=O) groups excluding carboxylic acids is 1. The van der Waals surface area contributed by atoms with Gasteiger partial charge >= 0.3 is 5.97 Å². The van der Waals surface area contributed by atoms with Crippen molar-refractivity contribution >= 4 is 16.9 Å². The van der Waals surface area contributed by atoms with Gasteiger partial charge in [0.05, 0.1) is 26.2 Å². The SMILES string of the molecule is COC(=O)CCn1ccc2cc(OC)cc(C)c21. The third-order valence-electron chi connectivity index (χ3n) is 3.04. The molecule has 96 valence electrons. The molecule has 4 nitrogen and oxygen atoms in total.